The summed E-state index contributed by atoms with van der Waals surface area (Å²) in [6.07, 6.45) is 0. The summed E-state index contributed by atoms with van der Waals surface area (Å²) >= 11 is 0. The molecule has 0 aliphatic carbocycles. The van der Waals surface area contributed by atoms with Gasteiger partial charge >= 0.3 is 0 Å². The summed E-state index contributed by atoms with van der Waals surface area (Å²) in [5.74, 6) is 0.402. The second-order valence-corrected chi connectivity index (χ2v) is 6.45. The summed E-state index contributed by atoms with van der Waals surface area (Å²) in [4.78, 5) is 4.53. The molecule has 1 rings (SSSR count). The molecule has 1 atom stereocenters. The third-order valence-corrected chi connectivity index (χ3v) is 3.68. The summed E-state index contributed by atoms with van der Waals surface area (Å²) in [7, 11) is 4.13. The lowest BCUT2D eigenvalue weighted by Gasteiger charge is -2.33. The zero-order valence-electron chi connectivity index (χ0n) is 14.1. The smallest absolute Gasteiger partial charge is 0.126 e. The standard InChI is InChI=1S/C17H30FN3/c1-13(2)12-21(9-8-20(4)5)17(11-19)15-7-6-14(3)16(18)10-15/h6-7,10,13,17H,8-9,11-12,19H2,1-5H3. The molecule has 3 nitrogen and oxygen atoms in total. The van der Waals surface area contributed by atoms with E-state index in [1.165, 1.54) is 0 Å². The van der Waals surface area contributed by atoms with Crippen molar-refractivity contribution in [2.45, 2.75) is 26.8 Å². The third kappa shape index (κ3) is 5.73. The van der Waals surface area contributed by atoms with Crippen LogP contribution in [0.3, 0.4) is 0 Å². The van der Waals surface area contributed by atoms with Gasteiger partial charge in [0.25, 0.3) is 0 Å². The van der Waals surface area contributed by atoms with Crippen LogP contribution in [0.2, 0.25) is 0 Å². The van der Waals surface area contributed by atoms with Gasteiger partial charge < -0.3 is 10.6 Å². The van der Waals surface area contributed by atoms with Gasteiger partial charge in [-0.3, -0.25) is 4.90 Å². The van der Waals surface area contributed by atoms with Gasteiger partial charge in [0.15, 0.2) is 0 Å². The Morgan fingerprint density at radius 1 is 1.19 bits per heavy atom. The maximum Gasteiger partial charge on any atom is 0.126 e. The number of hydrogen-bond donors (Lipinski definition) is 1. The van der Waals surface area contributed by atoms with E-state index in [-0.39, 0.29) is 11.9 Å². The lowest BCUT2D eigenvalue weighted by Crippen LogP contribution is -2.40. The predicted molar refractivity (Wildman–Crippen MR) is 87.9 cm³/mol. The normalized spacial score (nSPS) is 13.4. The Hall–Kier alpha value is -0.970. The van der Waals surface area contributed by atoms with Gasteiger partial charge in [-0.05, 0) is 44.1 Å². The van der Waals surface area contributed by atoms with E-state index in [0.717, 1.165) is 25.2 Å². The predicted octanol–water partition coefficient (Wildman–Crippen LogP) is 2.65. The van der Waals surface area contributed by atoms with E-state index in [9.17, 15) is 4.39 Å². The molecular formula is C17H30FN3. The Morgan fingerprint density at radius 2 is 1.86 bits per heavy atom. The molecule has 0 saturated heterocycles. The van der Waals surface area contributed by atoms with Gasteiger partial charge in [-0.1, -0.05) is 26.0 Å². The van der Waals surface area contributed by atoms with Crippen LogP contribution in [-0.4, -0.2) is 50.1 Å². The molecule has 120 valence electrons. The van der Waals surface area contributed by atoms with Crippen molar-refractivity contribution in [3.05, 3.63) is 35.1 Å². The second kappa shape index (κ2) is 8.47. The molecule has 0 radical (unpaired) electrons. The average Bonchev–Trinajstić information content (AvgIpc) is 2.40. The van der Waals surface area contributed by atoms with Crippen molar-refractivity contribution >= 4 is 0 Å². The Balaban J connectivity index is 2.95. The number of nitrogens with two attached hydrogens (primary N) is 1. The van der Waals surface area contributed by atoms with Crippen LogP contribution in [0, 0.1) is 18.7 Å². The van der Waals surface area contributed by atoms with E-state index in [0.29, 0.717) is 18.0 Å². The maximum atomic E-state index is 13.8. The van der Waals surface area contributed by atoms with Crippen LogP contribution < -0.4 is 5.73 Å². The summed E-state index contributed by atoms with van der Waals surface area (Å²) < 4.78 is 13.8. The largest absolute Gasteiger partial charge is 0.329 e. The molecule has 0 aliphatic rings. The minimum Gasteiger partial charge on any atom is -0.329 e. The van der Waals surface area contributed by atoms with Crippen molar-refractivity contribution in [2.24, 2.45) is 11.7 Å². The van der Waals surface area contributed by atoms with Gasteiger partial charge in [-0.25, -0.2) is 4.39 Å². The molecular weight excluding hydrogens is 265 g/mol. The van der Waals surface area contributed by atoms with Crippen LogP contribution in [0.15, 0.2) is 18.2 Å². The molecule has 2 N–H and O–H groups in total. The Labute approximate surface area is 128 Å². The van der Waals surface area contributed by atoms with Crippen LogP contribution in [0.1, 0.15) is 31.0 Å². The topological polar surface area (TPSA) is 32.5 Å². The first-order chi connectivity index (χ1) is 9.85. The van der Waals surface area contributed by atoms with Crippen molar-refractivity contribution in [3.8, 4) is 0 Å². The van der Waals surface area contributed by atoms with E-state index in [4.69, 9.17) is 5.73 Å². The molecule has 1 aromatic rings. The molecule has 0 aromatic heterocycles. The first kappa shape index (κ1) is 18.1. The fourth-order valence-corrected chi connectivity index (χ4v) is 2.48. The second-order valence-electron chi connectivity index (χ2n) is 6.45. The zero-order valence-corrected chi connectivity index (χ0v) is 14.1. The maximum absolute atomic E-state index is 13.8. The summed E-state index contributed by atoms with van der Waals surface area (Å²) in [6.45, 7) is 9.56. The van der Waals surface area contributed by atoms with Crippen molar-refractivity contribution in [3.63, 3.8) is 0 Å². The molecule has 1 aromatic carbocycles. The minimum absolute atomic E-state index is 0.0717. The molecule has 4 heteroatoms. The monoisotopic (exact) mass is 295 g/mol. The highest BCUT2D eigenvalue weighted by atomic mass is 19.1. The van der Waals surface area contributed by atoms with E-state index in [1.807, 2.05) is 12.1 Å². The van der Waals surface area contributed by atoms with Crippen LogP contribution >= 0.6 is 0 Å². The summed E-state index contributed by atoms with van der Waals surface area (Å²) in [5, 5.41) is 0. The van der Waals surface area contributed by atoms with Crippen LogP contribution in [-0.2, 0) is 0 Å². The lowest BCUT2D eigenvalue weighted by atomic mass is 10.0. The van der Waals surface area contributed by atoms with Gasteiger partial charge in [0.05, 0.1) is 0 Å². The first-order valence-corrected chi connectivity index (χ1v) is 7.70. The van der Waals surface area contributed by atoms with Gasteiger partial charge in [0, 0.05) is 32.2 Å². The number of rotatable bonds is 8. The van der Waals surface area contributed by atoms with Crippen LogP contribution in [0.25, 0.3) is 0 Å². The number of benzene rings is 1. The highest BCUT2D eigenvalue weighted by Gasteiger charge is 2.20. The highest BCUT2D eigenvalue weighted by molar-refractivity contribution is 5.26. The molecule has 0 aliphatic heterocycles. The van der Waals surface area contributed by atoms with Crippen molar-refractivity contribution in [2.75, 3.05) is 40.3 Å². The van der Waals surface area contributed by atoms with Crippen molar-refractivity contribution in [1.82, 2.24) is 9.80 Å². The van der Waals surface area contributed by atoms with Gasteiger partial charge in [-0.15, -0.1) is 0 Å². The third-order valence-electron chi connectivity index (χ3n) is 3.68. The molecule has 0 bridgehead atoms. The number of likely N-dealkylation sites (N-methyl/N-ethyl adjacent to an activating group) is 1. The molecule has 0 amide bonds. The summed E-state index contributed by atoms with van der Waals surface area (Å²) in [6, 6.07) is 5.55. The van der Waals surface area contributed by atoms with Gasteiger partial charge in [0.2, 0.25) is 0 Å². The zero-order chi connectivity index (χ0) is 16.0. The molecule has 21 heavy (non-hydrogen) atoms. The number of halogens is 1. The van der Waals surface area contributed by atoms with E-state index in [2.05, 4.69) is 37.7 Å². The van der Waals surface area contributed by atoms with Crippen molar-refractivity contribution < 1.29 is 4.39 Å². The number of nitrogens with zero attached hydrogens (tertiary/aromatic N) is 2. The Kier molecular flexibility index (Phi) is 7.29. The Bertz CT molecular complexity index is 432. The number of hydrogen-bond acceptors (Lipinski definition) is 3. The van der Waals surface area contributed by atoms with E-state index in [1.54, 1.807) is 13.0 Å². The minimum atomic E-state index is -0.150. The van der Waals surface area contributed by atoms with Gasteiger partial charge in [-0.2, -0.15) is 0 Å². The quantitative estimate of drug-likeness (QED) is 0.800. The SMILES string of the molecule is Cc1ccc(C(CN)N(CCN(C)C)CC(C)C)cc1F. The first-order valence-electron chi connectivity index (χ1n) is 7.70. The van der Waals surface area contributed by atoms with Crippen LogP contribution in [0.4, 0.5) is 4.39 Å². The van der Waals surface area contributed by atoms with Crippen LogP contribution in [0.5, 0.6) is 0 Å². The fourth-order valence-electron chi connectivity index (χ4n) is 2.48. The van der Waals surface area contributed by atoms with E-state index >= 15 is 0 Å². The molecule has 0 fully saturated rings. The average molecular weight is 295 g/mol. The van der Waals surface area contributed by atoms with E-state index < -0.39 is 0 Å². The van der Waals surface area contributed by atoms with Gasteiger partial charge in [0.1, 0.15) is 5.82 Å². The molecule has 1 unspecified atom stereocenters. The number of aryl methyl sites for hydroxylation is 1. The lowest BCUT2D eigenvalue weighted by molar-refractivity contribution is 0.163. The fraction of sp³-hybridized carbons (Fsp3) is 0.647. The Morgan fingerprint density at radius 3 is 2.33 bits per heavy atom. The molecule has 0 saturated carbocycles. The highest BCUT2D eigenvalue weighted by Crippen LogP contribution is 2.23. The molecule has 0 spiro atoms. The summed E-state index contributed by atoms with van der Waals surface area (Å²) in [5.41, 5.74) is 7.65. The molecule has 0 heterocycles. The van der Waals surface area contributed by atoms with Crippen molar-refractivity contribution in [1.29, 1.82) is 0 Å².